The van der Waals surface area contributed by atoms with Gasteiger partial charge in [-0.05, 0) is 36.8 Å². The van der Waals surface area contributed by atoms with E-state index in [0.717, 1.165) is 24.3 Å². The maximum Gasteiger partial charge on any atom is 0.146 e. The van der Waals surface area contributed by atoms with Gasteiger partial charge in [0.15, 0.2) is 0 Å². The molecule has 3 heteroatoms. The third kappa shape index (κ3) is 5.12. The molecule has 0 saturated carbocycles. The molecule has 0 fully saturated rings. The average Bonchev–Trinajstić information content (AvgIpc) is 2.25. The van der Waals surface area contributed by atoms with Gasteiger partial charge >= 0.3 is 0 Å². The molecule has 0 bridgehead atoms. The molecular formula is C17H29FN2. The van der Waals surface area contributed by atoms with Crippen LogP contribution in [-0.4, -0.2) is 19.1 Å². The van der Waals surface area contributed by atoms with Crippen molar-refractivity contribution in [2.45, 2.75) is 47.1 Å². The first-order valence-corrected chi connectivity index (χ1v) is 7.59. The second kappa shape index (κ2) is 7.63. The van der Waals surface area contributed by atoms with Gasteiger partial charge in [-0.1, -0.05) is 39.8 Å². The van der Waals surface area contributed by atoms with E-state index in [9.17, 15) is 4.39 Å². The normalized spacial score (nSPS) is 13.1. The number of benzene rings is 1. The summed E-state index contributed by atoms with van der Waals surface area (Å²) >= 11 is 0. The summed E-state index contributed by atoms with van der Waals surface area (Å²) in [6.45, 7) is 12.4. The van der Waals surface area contributed by atoms with Gasteiger partial charge in [0, 0.05) is 19.1 Å². The fourth-order valence-electron chi connectivity index (χ4n) is 2.56. The minimum atomic E-state index is -0.135. The van der Waals surface area contributed by atoms with E-state index in [1.807, 2.05) is 13.0 Å². The zero-order valence-electron chi connectivity index (χ0n) is 13.5. The number of nitrogens with two attached hydrogens (primary N) is 1. The van der Waals surface area contributed by atoms with E-state index in [4.69, 9.17) is 5.73 Å². The quantitative estimate of drug-likeness (QED) is 0.822. The number of anilines is 1. The molecule has 0 saturated heterocycles. The van der Waals surface area contributed by atoms with Gasteiger partial charge in [0.1, 0.15) is 5.82 Å². The second-order valence-corrected chi connectivity index (χ2v) is 6.62. The first kappa shape index (κ1) is 17.0. The zero-order valence-corrected chi connectivity index (χ0v) is 13.5. The fraction of sp³-hybridized carbons (Fsp3) is 0.647. The van der Waals surface area contributed by atoms with E-state index >= 15 is 0 Å². The van der Waals surface area contributed by atoms with Gasteiger partial charge < -0.3 is 10.6 Å². The Labute approximate surface area is 123 Å². The molecule has 0 aromatic heterocycles. The Morgan fingerprint density at radius 2 is 1.60 bits per heavy atom. The van der Waals surface area contributed by atoms with E-state index < -0.39 is 0 Å². The van der Waals surface area contributed by atoms with E-state index in [1.54, 1.807) is 12.1 Å². The number of nitrogens with zero attached hydrogens (tertiary/aromatic N) is 1. The molecule has 2 N–H and O–H groups in total. The number of halogens is 1. The molecule has 0 amide bonds. The molecule has 20 heavy (non-hydrogen) atoms. The Kier molecular flexibility index (Phi) is 6.47. The summed E-state index contributed by atoms with van der Waals surface area (Å²) in [6.07, 6.45) is 0.708. The standard InChI is InChI=1S/C17H29FN2/c1-12(2)10-20(11-13(3)4)17-15(9-14(5)19)7-6-8-16(17)18/h6-8,12-14H,9-11,19H2,1-5H3. The molecule has 1 unspecified atom stereocenters. The van der Waals surface area contributed by atoms with E-state index in [2.05, 4.69) is 32.6 Å². The van der Waals surface area contributed by atoms with Crippen molar-refractivity contribution in [3.8, 4) is 0 Å². The summed E-state index contributed by atoms with van der Waals surface area (Å²) in [6, 6.07) is 5.36. The van der Waals surface area contributed by atoms with E-state index in [-0.39, 0.29) is 11.9 Å². The average molecular weight is 280 g/mol. The van der Waals surface area contributed by atoms with Crippen molar-refractivity contribution in [2.24, 2.45) is 17.6 Å². The molecule has 0 heterocycles. The lowest BCUT2D eigenvalue weighted by molar-refractivity contribution is 0.534. The topological polar surface area (TPSA) is 29.3 Å². The highest BCUT2D eigenvalue weighted by molar-refractivity contribution is 5.55. The maximum absolute atomic E-state index is 14.4. The number of hydrogen-bond donors (Lipinski definition) is 1. The molecule has 2 nitrogen and oxygen atoms in total. The molecule has 1 rings (SSSR count). The summed E-state index contributed by atoms with van der Waals surface area (Å²) in [4.78, 5) is 2.18. The van der Waals surface area contributed by atoms with Crippen molar-refractivity contribution in [3.05, 3.63) is 29.6 Å². The Hall–Kier alpha value is -1.09. The molecule has 1 atom stereocenters. The summed E-state index contributed by atoms with van der Waals surface area (Å²) < 4.78 is 14.4. The van der Waals surface area contributed by atoms with Gasteiger partial charge in [-0.15, -0.1) is 0 Å². The molecule has 0 spiro atoms. The van der Waals surface area contributed by atoms with Gasteiger partial charge in [-0.2, -0.15) is 0 Å². The molecule has 1 aromatic rings. The highest BCUT2D eigenvalue weighted by atomic mass is 19.1. The number of hydrogen-bond acceptors (Lipinski definition) is 2. The van der Waals surface area contributed by atoms with Gasteiger partial charge in [0.05, 0.1) is 5.69 Å². The molecule has 0 aliphatic carbocycles. The lowest BCUT2D eigenvalue weighted by Crippen LogP contribution is -2.33. The van der Waals surface area contributed by atoms with Crippen LogP contribution in [0.1, 0.15) is 40.2 Å². The van der Waals surface area contributed by atoms with Crippen molar-refractivity contribution in [1.82, 2.24) is 0 Å². The lowest BCUT2D eigenvalue weighted by atomic mass is 10.0. The Morgan fingerprint density at radius 1 is 1.05 bits per heavy atom. The van der Waals surface area contributed by atoms with Gasteiger partial charge in [0.2, 0.25) is 0 Å². The predicted octanol–water partition coefficient (Wildman–Crippen LogP) is 3.83. The van der Waals surface area contributed by atoms with E-state index in [1.165, 1.54) is 0 Å². The third-order valence-electron chi connectivity index (χ3n) is 3.10. The fourth-order valence-corrected chi connectivity index (χ4v) is 2.56. The first-order chi connectivity index (χ1) is 9.31. The van der Waals surface area contributed by atoms with Crippen LogP contribution >= 0.6 is 0 Å². The highest BCUT2D eigenvalue weighted by Crippen LogP contribution is 2.27. The monoisotopic (exact) mass is 280 g/mol. The van der Waals surface area contributed by atoms with Crippen LogP contribution in [0.3, 0.4) is 0 Å². The summed E-state index contributed by atoms with van der Waals surface area (Å²) in [5, 5.41) is 0. The third-order valence-corrected chi connectivity index (χ3v) is 3.10. The molecule has 1 aromatic carbocycles. The van der Waals surface area contributed by atoms with Crippen LogP contribution in [0.2, 0.25) is 0 Å². The summed E-state index contributed by atoms with van der Waals surface area (Å²) in [5.41, 5.74) is 7.66. The Balaban J connectivity index is 3.15. The molecular weight excluding hydrogens is 251 g/mol. The molecule has 0 aliphatic heterocycles. The van der Waals surface area contributed by atoms with Crippen LogP contribution in [0.25, 0.3) is 0 Å². The van der Waals surface area contributed by atoms with Crippen molar-refractivity contribution in [3.63, 3.8) is 0 Å². The van der Waals surface area contributed by atoms with Crippen molar-refractivity contribution in [2.75, 3.05) is 18.0 Å². The highest BCUT2D eigenvalue weighted by Gasteiger charge is 2.18. The summed E-state index contributed by atoms with van der Waals surface area (Å²) in [7, 11) is 0. The van der Waals surface area contributed by atoms with Crippen LogP contribution in [0.15, 0.2) is 18.2 Å². The second-order valence-electron chi connectivity index (χ2n) is 6.62. The number of rotatable bonds is 7. The van der Waals surface area contributed by atoms with Crippen LogP contribution in [0, 0.1) is 17.7 Å². The minimum absolute atomic E-state index is 0.0375. The van der Waals surface area contributed by atoms with Gasteiger partial charge in [-0.25, -0.2) is 4.39 Å². The molecule has 114 valence electrons. The predicted molar refractivity (Wildman–Crippen MR) is 85.6 cm³/mol. The van der Waals surface area contributed by atoms with Crippen LogP contribution in [0.4, 0.5) is 10.1 Å². The first-order valence-electron chi connectivity index (χ1n) is 7.59. The minimum Gasteiger partial charge on any atom is -0.368 e. The van der Waals surface area contributed by atoms with Crippen molar-refractivity contribution < 1.29 is 4.39 Å². The SMILES string of the molecule is CC(C)CN(CC(C)C)c1c(F)cccc1CC(C)N. The van der Waals surface area contributed by atoms with Crippen molar-refractivity contribution >= 4 is 5.69 Å². The number of para-hydroxylation sites is 1. The van der Waals surface area contributed by atoms with Crippen LogP contribution in [0.5, 0.6) is 0 Å². The molecule has 0 radical (unpaired) electrons. The van der Waals surface area contributed by atoms with Crippen LogP contribution in [-0.2, 0) is 6.42 Å². The maximum atomic E-state index is 14.4. The lowest BCUT2D eigenvalue weighted by Gasteiger charge is -2.31. The Bertz CT molecular complexity index is 403. The molecule has 0 aliphatic rings. The van der Waals surface area contributed by atoms with Crippen LogP contribution < -0.4 is 10.6 Å². The van der Waals surface area contributed by atoms with Gasteiger partial charge in [0.25, 0.3) is 0 Å². The zero-order chi connectivity index (χ0) is 15.3. The van der Waals surface area contributed by atoms with Gasteiger partial charge in [-0.3, -0.25) is 0 Å². The van der Waals surface area contributed by atoms with E-state index in [0.29, 0.717) is 18.3 Å². The largest absolute Gasteiger partial charge is 0.368 e. The summed E-state index contributed by atoms with van der Waals surface area (Å²) in [5.74, 6) is 0.859. The Morgan fingerprint density at radius 3 is 2.05 bits per heavy atom. The smallest absolute Gasteiger partial charge is 0.146 e. The van der Waals surface area contributed by atoms with Crippen molar-refractivity contribution in [1.29, 1.82) is 0 Å².